The minimum absolute atomic E-state index is 0.0654. The lowest BCUT2D eigenvalue weighted by Gasteiger charge is -2.30. The first kappa shape index (κ1) is 15.7. The van der Waals surface area contributed by atoms with Gasteiger partial charge in [0, 0.05) is 34.1 Å². The summed E-state index contributed by atoms with van der Waals surface area (Å²) in [6.45, 7) is 2.83. The van der Waals surface area contributed by atoms with Gasteiger partial charge >= 0.3 is 0 Å². The molecule has 0 unspecified atom stereocenters. The van der Waals surface area contributed by atoms with Crippen molar-refractivity contribution in [3.8, 4) is 0 Å². The van der Waals surface area contributed by atoms with Crippen molar-refractivity contribution in [3.05, 3.63) is 33.8 Å². The molecule has 2 N–H and O–H groups in total. The predicted molar refractivity (Wildman–Crippen MR) is 75.1 cm³/mol. The van der Waals surface area contributed by atoms with E-state index in [2.05, 4.69) is 0 Å². The van der Waals surface area contributed by atoms with E-state index >= 15 is 0 Å². The van der Waals surface area contributed by atoms with Crippen LogP contribution >= 0.6 is 23.2 Å². The Bertz CT molecular complexity index is 374. The summed E-state index contributed by atoms with van der Waals surface area (Å²) in [7, 11) is 1.91. The van der Waals surface area contributed by atoms with Gasteiger partial charge in [-0.1, -0.05) is 36.2 Å². The minimum Gasteiger partial charge on any atom is -0.396 e. The molecule has 5 heteroatoms. The van der Waals surface area contributed by atoms with Gasteiger partial charge in [-0.05, 0) is 19.2 Å². The highest BCUT2D eigenvalue weighted by Crippen LogP contribution is 2.26. The highest BCUT2D eigenvalue weighted by atomic mass is 35.5. The molecule has 0 aromatic heterocycles. The summed E-state index contributed by atoms with van der Waals surface area (Å²) >= 11 is 12.2. The molecule has 0 saturated carbocycles. The molecule has 0 amide bonds. The first-order valence-corrected chi connectivity index (χ1v) is 6.50. The zero-order valence-corrected chi connectivity index (χ0v) is 12.2. The predicted octanol–water partition coefficient (Wildman–Crippen LogP) is 2.42. The fraction of sp³-hybridized carbons (Fsp3) is 0.538. The van der Waals surface area contributed by atoms with Gasteiger partial charge in [-0.25, -0.2) is 0 Å². The fourth-order valence-corrected chi connectivity index (χ4v) is 2.33. The van der Waals surface area contributed by atoms with Crippen molar-refractivity contribution >= 4 is 23.2 Å². The Balaban J connectivity index is 2.73. The summed E-state index contributed by atoms with van der Waals surface area (Å²) in [6.07, 6.45) is 0. The van der Waals surface area contributed by atoms with Gasteiger partial charge < -0.3 is 15.1 Å². The second-order valence-corrected chi connectivity index (χ2v) is 5.81. The van der Waals surface area contributed by atoms with Crippen molar-refractivity contribution in [3.63, 3.8) is 0 Å². The van der Waals surface area contributed by atoms with Crippen LogP contribution in [0.4, 0.5) is 0 Å². The molecule has 0 aliphatic carbocycles. The van der Waals surface area contributed by atoms with Crippen molar-refractivity contribution < 1.29 is 10.2 Å². The van der Waals surface area contributed by atoms with Crippen LogP contribution in [0, 0.1) is 5.41 Å². The molecule has 0 spiro atoms. The maximum atomic E-state index is 9.27. The highest BCUT2D eigenvalue weighted by molar-refractivity contribution is 6.35. The van der Waals surface area contributed by atoms with E-state index in [4.69, 9.17) is 23.2 Å². The molecule has 0 radical (unpaired) electrons. The van der Waals surface area contributed by atoms with Crippen LogP contribution in [0.5, 0.6) is 0 Å². The van der Waals surface area contributed by atoms with Crippen LogP contribution < -0.4 is 0 Å². The Morgan fingerprint density at radius 3 is 2.11 bits per heavy atom. The lowest BCUT2D eigenvalue weighted by Crippen LogP contribution is -2.38. The summed E-state index contributed by atoms with van der Waals surface area (Å²) in [6, 6.07) is 5.40. The average Bonchev–Trinajstić information content (AvgIpc) is 2.34. The molecule has 18 heavy (non-hydrogen) atoms. The summed E-state index contributed by atoms with van der Waals surface area (Å²) in [5, 5.41) is 19.8. The molecule has 0 saturated heterocycles. The van der Waals surface area contributed by atoms with E-state index in [1.807, 2.05) is 18.9 Å². The van der Waals surface area contributed by atoms with Gasteiger partial charge in [0.05, 0.1) is 13.2 Å². The molecule has 0 aliphatic heterocycles. The van der Waals surface area contributed by atoms with Crippen LogP contribution in [0.2, 0.25) is 10.0 Å². The first-order chi connectivity index (χ1) is 8.41. The van der Waals surface area contributed by atoms with Crippen LogP contribution in [-0.2, 0) is 6.54 Å². The number of rotatable bonds is 6. The average molecular weight is 292 g/mol. The Kier molecular flexibility index (Phi) is 5.89. The SMILES string of the molecule is CN(Cc1c(Cl)cccc1Cl)CC(C)(CO)CO. The number of aliphatic hydroxyl groups excluding tert-OH is 2. The van der Waals surface area contributed by atoms with Crippen LogP contribution in [0.25, 0.3) is 0 Å². The third kappa shape index (κ3) is 4.11. The van der Waals surface area contributed by atoms with Crippen LogP contribution in [-0.4, -0.2) is 41.9 Å². The first-order valence-electron chi connectivity index (χ1n) is 5.75. The largest absolute Gasteiger partial charge is 0.396 e. The Hall–Kier alpha value is -0.320. The van der Waals surface area contributed by atoms with Crippen molar-refractivity contribution in [1.82, 2.24) is 4.90 Å². The summed E-state index contributed by atoms with van der Waals surface area (Å²) in [4.78, 5) is 1.99. The van der Waals surface area contributed by atoms with Crippen LogP contribution in [0.1, 0.15) is 12.5 Å². The lowest BCUT2D eigenvalue weighted by molar-refractivity contribution is 0.0402. The molecule has 0 aliphatic rings. The summed E-state index contributed by atoms with van der Waals surface area (Å²) < 4.78 is 0. The minimum atomic E-state index is -0.525. The molecular formula is C13H19Cl2NO2. The molecule has 1 aromatic carbocycles. The zero-order valence-electron chi connectivity index (χ0n) is 10.7. The Morgan fingerprint density at radius 1 is 1.17 bits per heavy atom. The molecule has 0 heterocycles. The Morgan fingerprint density at radius 2 is 1.67 bits per heavy atom. The summed E-state index contributed by atoms with van der Waals surface area (Å²) in [5.41, 5.74) is 0.337. The van der Waals surface area contributed by atoms with Crippen molar-refractivity contribution in [2.45, 2.75) is 13.5 Å². The number of nitrogens with zero attached hydrogens (tertiary/aromatic N) is 1. The molecule has 1 rings (SSSR count). The molecule has 1 aromatic rings. The Labute approximate surface area is 118 Å². The van der Waals surface area contributed by atoms with E-state index in [1.54, 1.807) is 18.2 Å². The second kappa shape index (κ2) is 6.73. The third-order valence-corrected chi connectivity index (χ3v) is 3.61. The zero-order chi connectivity index (χ0) is 13.8. The van der Waals surface area contributed by atoms with Gasteiger partial charge in [-0.3, -0.25) is 0 Å². The van der Waals surface area contributed by atoms with E-state index in [0.717, 1.165) is 5.56 Å². The quantitative estimate of drug-likeness (QED) is 0.846. The normalized spacial score (nSPS) is 12.2. The van der Waals surface area contributed by atoms with Gasteiger partial charge in [-0.15, -0.1) is 0 Å². The smallest absolute Gasteiger partial charge is 0.0519 e. The lowest BCUT2D eigenvalue weighted by atomic mass is 9.92. The fourth-order valence-electron chi connectivity index (χ4n) is 1.81. The number of halogens is 2. The van der Waals surface area contributed by atoms with Crippen molar-refractivity contribution in [1.29, 1.82) is 0 Å². The highest BCUT2D eigenvalue weighted by Gasteiger charge is 2.24. The third-order valence-electron chi connectivity index (χ3n) is 2.90. The monoisotopic (exact) mass is 291 g/mol. The van der Waals surface area contributed by atoms with Gasteiger partial charge in [0.15, 0.2) is 0 Å². The number of hydrogen-bond donors (Lipinski definition) is 2. The molecule has 0 bridgehead atoms. The molecular weight excluding hydrogens is 273 g/mol. The van der Waals surface area contributed by atoms with Gasteiger partial charge in [0.1, 0.15) is 0 Å². The van der Waals surface area contributed by atoms with E-state index in [9.17, 15) is 10.2 Å². The van der Waals surface area contributed by atoms with Crippen LogP contribution in [0.15, 0.2) is 18.2 Å². The van der Waals surface area contributed by atoms with Crippen LogP contribution in [0.3, 0.4) is 0 Å². The molecule has 3 nitrogen and oxygen atoms in total. The molecule has 0 atom stereocenters. The van der Waals surface area contributed by atoms with Crippen molar-refractivity contribution in [2.75, 3.05) is 26.8 Å². The standard InChI is InChI=1S/C13H19Cl2NO2/c1-13(8-17,9-18)7-16(2)6-10-11(14)4-3-5-12(10)15/h3-5,17-18H,6-9H2,1-2H3. The van der Waals surface area contributed by atoms with Gasteiger partial charge in [0.25, 0.3) is 0 Å². The van der Waals surface area contributed by atoms with Gasteiger partial charge in [0.2, 0.25) is 0 Å². The topological polar surface area (TPSA) is 43.7 Å². The number of hydrogen-bond acceptors (Lipinski definition) is 3. The maximum Gasteiger partial charge on any atom is 0.0519 e. The van der Waals surface area contributed by atoms with E-state index in [-0.39, 0.29) is 13.2 Å². The second-order valence-electron chi connectivity index (χ2n) is 5.00. The van der Waals surface area contributed by atoms with Gasteiger partial charge in [-0.2, -0.15) is 0 Å². The summed E-state index contributed by atoms with van der Waals surface area (Å²) in [5.74, 6) is 0. The number of benzene rings is 1. The van der Waals surface area contributed by atoms with E-state index in [0.29, 0.717) is 23.1 Å². The molecule has 0 fully saturated rings. The van der Waals surface area contributed by atoms with Crippen molar-refractivity contribution in [2.24, 2.45) is 5.41 Å². The molecule has 102 valence electrons. The van der Waals surface area contributed by atoms with E-state index in [1.165, 1.54) is 0 Å². The van der Waals surface area contributed by atoms with E-state index < -0.39 is 5.41 Å². The number of aliphatic hydroxyl groups is 2. The maximum absolute atomic E-state index is 9.27.